The van der Waals surface area contributed by atoms with Crippen molar-refractivity contribution < 1.29 is 99.3 Å². The molecule has 1 heterocycles. The number of benzene rings is 3. The molecular weight excluding hydrogens is 1650 g/mol. The summed E-state index contributed by atoms with van der Waals surface area (Å²) in [5.41, 5.74) is 30.0. The molecule has 4 amide bonds. The van der Waals surface area contributed by atoms with Crippen LogP contribution in [0.25, 0.3) is 10.9 Å². The number of hydrogen-bond acceptors (Lipinski definition) is 12. The Bertz CT molecular complexity index is 3250. The summed E-state index contributed by atoms with van der Waals surface area (Å²) in [4.78, 5) is 150. The van der Waals surface area contributed by atoms with Gasteiger partial charge >= 0.3 is 62.4 Å². The van der Waals surface area contributed by atoms with Crippen LogP contribution in [-0.2, 0) is 67.2 Å². The number of H-pyrrole nitrogens is 1. The molecule has 562 valence electrons. The number of rotatable bonds is 51. The molecule has 24 nitrogen and oxygen atoms in total. The third kappa shape index (κ3) is 33.8. The van der Waals surface area contributed by atoms with E-state index in [9.17, 15) is 53.1 Å². The van der Waals surface area contributed by atoms with E-state index >= 15 is 0 Å². The third-order valence-electron chi connectivity index (χ3n) is 18.3. The number of thioether (sulfide) groups is 1. The number of guanidine groups is 1. The molecule has 0 saturated carbocycles. The van der Waals surface area contributed by atoms with Crippen LogP contribution in [0.3, 0.4) is 0 Å². The third-order valence-corrected chi connectivity index (χ3v) is 19.0. The van der Waals surface area contributed by atoms with Gasteiger partial charge in [0.2, 0.25) is 23.6 Å². The van der Waals surface area contributed by atoms with Crippen molar-refractivity contribution in [3.8, 4) is 5.75 Å². The number of halogens is 3. The number of amides is 4. The number of nitrogens with two attached hydrogens (primary N) is 2. The molecule has 10 atom stereocenters. The SMILES string of the molecule is CSCC[C@H](NC(=O)[C@@H](CC(=O)[C@@H](NC(=O)[C@@H](CC(=O)[C@H](Cc1ccccc1)NC(=O)[C@H](CCC[NH+]=C(N)N)CC(=O)[C@@H]([NH3+])CCCC[NH3+])Cc1ccc(O)cc1)C(C)C)C(C)C)C(=O)C[C@@H](Cc1c[nH]c2ccccc12)C(=O)N[C@@H](CCCC[NH3+])C(=O)C[C@H](CCCC[NH3+])C(=O)[OH2+].I[I-]I. The quantitative estimate of drug-likeness (QED) is 0.00812. The van der Waals surface area contributed by atoms with Gasteiger partial charge in [0.05, 0.1) is 50.3 Å². The number of para-hydroxylation sites is 1. The number of phenols is 1. The standard InChI is InChI=1S/C73H110N12O12S.I3/c1-45(2)56(71(95)83-60(30-35-98-5)64(89)42-52(38-53-44-81-58-24-10-9-22-55(53)58)69(93)82-59(25-13-16-33-76)63(88)40-50(72(96)97)20-11-14-31-74)43-66(91)67(46(3)4)85-70(94)51(36-48-26-28-54(86)29-27-48)41-65(90)61(37-47-18-7-6-8-19-47)84-68(92)49(21-17-34-80-73(78)79)39-62(87)57(77)23-12-15-32-75;1-3-2/h6-10,18-19,22,24,26-29,44-46,49-52,56-57,59-61,67,81,86H,11-17,20-21,23,25,30-43,74-77H2,1-5H3,(H,82,93)(H,83,95)(H,84,92)(H,85,94)(H,96,97)(H4,78,79,80);/q;-1/p+6/t49-,50+,51-,52-,56+,57+,59+,60+,61+,67+;/m1./s1. The van der Waals surface area contributed by atoms with E-state index in [2.05, 4.69) is 91.4 Å². The van der Waals surface area contributed by atoms with Crippen LogP contribution in [0.2, 0.25) is 0 Å². The Hall–Kier alpha value is -5.65. The average Bonchev–Trinajstić information content (AvgIpc) is 1.77. The number of quaternary nitrogens is 4. The Kier molecular flexibility index (Phi) is 44.3. The molecule has 28 heteroatoms. The van der Waals surface area contributed by atoms with Crippen LogP contribution < -0.4 is 73.9 Å². The molecule has 0 unspecified atom stereocenters. The number of carbonyl (C=O) groups is 10. The van der Waals surface area contributed by atoms with Crippen LogP contribution in [0.4, 0.5) is 0 Å². The van der Waals surface area contributed by atoms with Crippen molar-refractivity contribution in [2.45, 2.75) is 186 Å². The second-order valence-corrected chi connectivity index (χ2v) is 44.2. The molecule has 3 aromatic carbocycles. The second-order valence-electron chi connectivity index (χ2n) is 27.0. The zero-order valence-corrected chi connectivity index (χ0v) is 67.0. The number of fused-ring (bicyclic) bond motifs is 1. The molecule has 0 radical (unpaired) electrons. The summed E-state index contributed by atoms with van der Waals surface area (Å²) < 4.78 is 0. The zero-order valence-electron chi connectivity index (χ0n) is 59.7. The Morgan fingerprint density at radius 1 is 0.554 bits per heavy atom. The molecule has 0 aliphatic rings. The zero-order chi connectivity index (χ0) is 75.0. The molecule has 0 spiro atoms. The summed E-state index contributed by atoms with van der Waals surface area (Å²) in [6, 6.07) is 17.8. The number of carbonyl (C=O) groups excluding carboxylic acids is 10. The van der Waals surface area contributed by atoms with Crippen molar-refractivity contribution in [3.63, 3.8) is 0 Å². The number of nitrogens with one attached hydrogen (secondary N) is 6. The molecule has 0 aliphatic carbocycles. The van der Waals surface area contributed by atoms with Gasteiger partial charge in [-0.05, 0) is 149 Å². The predicted octanol–water partition coefficient (Wildman–Crippen LogP) is -1.21. The Morgan fingerprint density at radius 3 is 1.63 bits per heavy atom. The molecule has 25 N–H and O–H groups in total. The number of Topliss-reactive ketones (excluding diaryl/α,β-unsaturated/α-hetero) is 5. The number of unbranched alkanes of at least 4 members (excludes halogenated alkanes) is 3. The summed E-state index contributed by atoms with van der Waals surface area (Å²) in [5.74, 6) is -10.5. The molecule has 4 rings (SSSR count). The fourth-order valence-corrected chi connectivity index (χ4v) is 12.8. The van der Waals surface area contributed by atoms with E-state index in [0.717, 1.165) is 41.3 Å². The van der Waals surface area contributed by atoms with Gasteiger partial charge in [0.1, 0.15) is 17.7 Å². The van der Waals surface area contributed by atoms with Crippen LogP contribution in [0.15, 0.2) is 85.1 Å². The number of aromatic hydroxyl groups is 1. The summed E-state index contributed by atoms with van der Waals surface area (Å²) in [5, 5.41) is 30.9. The topological polar surface area (TPSA) is 454 Å². The molecule has 0 fully saturated rings. The number of aromatic amines is 1. The van der Waals surface area contributed by atoms with Crippen molar-refractivity contribution in [2.24, 2.45) is 52.9 Å². The summed E-state index contributed by atoms with van der Waals surface area (Å²) >= 11 is 6.76. The first kappa shape index (κ1) is 89.6. The van der Waals surface area contributed by atoms with Crippen LogP contribution in [-0.4, -0.2) is 148 Å². The molecule has 101 heavy (non-hydrogen) atoms. The second kappa shape index (κ2) is 49.9. The summed E-state index contributed by atoms with van der Waals surface area (Å²) in [6.07, 6.45) is 8.52. The Balaban J connectivity index is 0.00000867. The van der Waals surface area contributed by atoms with Crippen molar-refractivity contribution in [1.82, 2.24) is 26.3 Å². The van der Waals surface area contributed by atoms with Crippen molar-refractivity contribution in [3.05, 3.63) is 102 Å². The van der Waals surface area contributed by atoms with Gasteiger partial charge in [0.15, 0.2) is 28.9 Å². The van der Waals surface area contributed by atoms with Crippen LogP contribution >= 0.6 is 49.0 Å². The molecule has 0 aliphatic heterocycles. The van der Waals surface area contributed by atoms with Gasteiger partial charge < -0.3 is 59.4 Å². The maximum atomic E-state index is 15.0. The van der Waals surface area contributed by atoms with Gasteiger partial charge in [-0.3, -0.25) is 59.6 Å². The van der Waals surface area contributed by atoms with Gasteiger partial charge in [-0.2, -0.15) is 11.8 Å². The van der Waals surface area contributed by atoms with E-state index in [0.29, 0.717) is 89.3 Å². The average molecular weight is 1770 g/mol. The fraction of sp³-hybridized carbons (Fsp3) is 0.575. The molecular formula is C73H116I3N12O12S+5. The summed E-state index contributed by atoms with van der Waals surface area (Å²) in [7, 11) is 0. The first-order valence-corrected chi connectivity index (χ1v) is 49.3. The van der Waals surface area contributed by atoms with E-state index in [4.69, 9.17) is 16.6 Å². The van der Waals surface area contributed by atoms with E-state index in [-0.39, 0.29) is 87.5 Å². The normalized spacial score (nSPS) is 14.3. The van der Waals surface area contributed by atoms with Gasteiger partial charge in [-0.1, -0.05) is 88.4 Å². The van der Waals surface area contributed by atoms with E-state index in [1.807, 2.05) is 48.7 Å². The van der Waals surface area contributed by atoms with Crippen molar-refractivity contribution in [2.75, 3.05) is 38.2 Å². The Labute approximate surface area is 629 Å². The van der Waals surface area contributed by atoms with Gasteiger partial charge in [-0.15, -0.1) is 0 Å². The van der Waals surface area contributed by atoms with Gasteiger partial charge in [0, 0.05) is 84.1 Å². The van der Waals surface area contributed by atoms with Crippen LogP contribution in [0.1, 0.15) is 154 Å². The van der Waals surface area contributed by atoms with Gasteiger partial charge in [0.25, 0.3) is 0 Å². The minimum absolute atomic E-state index is 0.00474. The fourth-order valence-electron chi connectivity index (χ4n) is 12.3. The monoisotopic (exact) mass is 1770 g/mol. The molecule has 0 saturated heterocycles. The van der Waals surface area contributed by atoms with E-state index in [1.165, 1.54) is 23.9 Å². The molecule has 1 aromatic heterocycles. The number of hydrogen-bond donors (Lipinski definition) is 13. The first-order chi connectivity index (χ1) is 48.2. The van der Waals surface area contributed by atoms with Crippen molar-refractivity contribution >= 4 is 124 Å². The van der Waals surface area contributed by atoms with Crippen molar-refractivity contribution in [1.29, 1.82) is 0 Å². The number of aromatic nitrogens is 1. The molecule has 0 bridgehead atoms. The van der Waals surface area contributed by atoms with Crippen LogP contribution in [0, 0.1) is 41.4 Å². The van der Waals surface area contributed by atoms with E-state index in [1.54, 1.807) is 58.2 Å². The minimum atomic E-state index is -1.16. The predicted molar refractivity (Wildman–Crippen MR) is 407 cm³/mol. The number of ketones is 5. The van der Waals surface area contributed by atoms with Gasteiger partial charge in [-0.25, -0.2) is 0 Å². The first-order valence-electron chi connectivity index (χ1n) is 35.4. The van der Waals surface area contributed by atoms with Crippen LogP contribution in [0.5, 0.6) is 5.75 Å². The van der Waals surface area contributed by atoms with E-state index < -0.39 is 125 Å². The Morgan fingerprint density at radius 2 is 1.05 bits per heavy atom. The summed E-state index contributed by atoms with van der Waals surface area (Å²) in [6.45, 7) is 9.35. The maximum absolute atomic E-state index is 15.0. The number of phenolic OH excluding ortho intramolecular Hbond substituents is 1. The molecule has 4 aromatic rings.